The standard InChI is InChI=1S/C20H18F3N5O2/c1-26-15-12-24-16(8-7-13-5-4-6-14(11-13)20(21,22)23)25-17(15)28(18(26)29)19(30)27-9-2-3-10-27/h4-8,11-12H,2-3,9-10H2,1H3/b8-7+. The van der Waals surface area contributed by atoms with Gasteiger partial charge in [-0.2, -0.15) is 17.7 Å². The van der Waals surface area contributed by atoms with Crippen molar-refractivity contribution in [2.24, 2.45) is 7.05 Å². The van der Waals surface area contributed by atoms with Crippen LogP contribution < -0.4 is 5.69 Å². The molecule has 4 rings (SSSR count). The molecule has 0 spiro atoms. The third kappa shape index (κ3) is 3.60. The molecule has 1 aromatic carbocycles. The van der Waals surface area contributed by atoms with Crippen LogP contribution in [0, 0.1) is 0 Å². The number of likely N-dealkylation sites (tertiary alicyclic amines) is 1. The third-order valence-corrected chi connectivity index (χ3v) is 5.03. The van der Waals surface area contributed by atoms with E-state index in [0.29, 0.717) is 24.2 Å². The average Bonchev–Trinajstić information content (AvgIpc) is 3.33. The van der Waals surface area contributed by atoms with Gasteiger partial charge in [0, 0.05) is 20.1 Å². The number of carbonyl (C=O) groups excluding carboxylic acids is 1. The van der Waals surface area contributed by atoms with Crippen molar-refractivity contribution in [2.75, 3.05) is 13.1 Å². The Morgan fingerprint density at radius 3 is 2.60 bits per heavy atom. The van der Waals surface area contributed by atoms with E-state index in [0.717, 1.165) is 29.5 Å². The van der Waals surface area contributed by atoms with E-state index in [-0.39, 0.29) is 11.5 Å². The molecule has 1 aliphatic heterocycles. The molecule has 0 aliphatic carbocycles. The SMILES string of the molecule is Cn1c(=O)n(C(=O)N2CCCC2)c2nc(/C=C/c3cccc(C(F)(F)F)c3)ncc21. The Labute approximate surface area is 169 Å². The van der Waals surface area contributed by atoms with Gasteiger partial charge in [0.1, 0.15) is 5.52 Å². The molecule has 1 saturated heterocycles. The van der Waals surface area contributed by atoms with E-state index in [1.165, 1.54) is 42.1 Å². The maximum absolute atomic E-state index is 12.9. The van der Waals surface area contributed by atoms with Crippen LogP contribution in [0.15, 0.2) is 35.3 Å². The zero-order chi connectivity index (χ0) is 21.5. The van der Waals surface area contributed by atoms with Gasteiger partial charge < -0.3 is 4.90 Å². The summed E-state index contributed by atoms with van der Waals surface area (Å²) in [5.41, 5.74) is -0.390. The van der Waals surface area contributed by atoms with Gasteiger partial charge in [-0.25, -0.2) is 19.6 Å². The Bertz CT molecular complexity index is 1200. The monoisotopic (exact) mass is 417 g/mol. The molecule has 0 bridgehead atoms. The fraction of sp³-hybridized carbons (Fsp3) is 0.300. The van der Waals surface area contributed by atoms with E-state index in [1.54, 1.807) is 4.90 Å². The molecule has 0 atom stereocenters. The number of aryl methyl sites for hydroxylation is 1. The van der Waals surface area contributed by atoms with E-state index < -0.39 is 23.5 Å². The van der Waals surface area contributed by atoms with Crippen LogP contribution in [0.3, 0.4) is 0 Å². The van der Waals surface area contributed by atoms with Gasteiger partial charge in [-0.1, -0.05) is 18.2 Å². The second-order valence-corrected chi connectivity index (χ2v) is 7.05. The zero-order valence-corrected chi connectivity index (χ0v) is 16.1. The number of nitrogens with zero attached hydrogens (tertiary/aromatic N) is 5. The summed E-state index contributed by atoms with van der Waals surface area (Å²) in [5.74, 6) is 0.175. The number of carbonyl (C=O) groups is 1. The van der Waals surface area contributed by atoms with Crippen molar-refractivity contribution in [3.8, 4) is 0 Å². The van der Waals surface area contributed by atoms with Crippen molar-refractivity contribution in [1.29, 1.82) is 0 Å². The molecule has 0 radical (unpaired) electrons. The summed E-state index contributed by atoms with van der Waals surface area (Å²) in [4.78, 5) is 35.5. The lowest BCUT2D eigenvalue weighted by Crippen LogP contribution is -2.38. The van der Waals surface area contributed by atoms with Crippen LogP contribution in [0.2, 0.25) is 0 Å². The highest BCUT2D eigenvalue weighted by molar-refractivity contribution is 5.87. The third-order valence-electron chi connectivity index (χ3n) is 5.03. The highest BCUT2D eigenvalue weighted by Gasteiger charge is 2.30. The first-order valence-electron chi connectivity index (χ1n) is 9.35. The second kappa shape index (κ2) is 7.43. The quantitative estimate of drug-likeness (QED) is 0.641. The van der Waals surface area contributed by atoms with Gasteiger partial charge in [0.2, 0.25) is 0 Å². The molecule has 3 heterocycles. The Morgan fingerprint density at radius 2 is 1.90 bits per heavy atom. The summed E-state index contributed by atoms with van der Waals surface area (Å²) in [6.07, 6.45) is 1.64. The summed E-state index contributed by atoms with van der Waals surface area (Å²) in [5, 5.41) is 0. The molecule has 3 aromatic rings. The first-order valence-corrected chi connectivity index (χ1v) is 9.35. The van der Waals surface area contributed by atoms with Crippen molar-refractivity contribution in [2.45, 2.75) is 19.0 Å². The number of benzene rings is 1. The minimum atomic E-state index is -4.44. The number of amides is 1. The molecule has 30 heavy (non-hydrogen) atoms. The predicted octanol–water partition coefficient (Wildman–Crippen LogP) is 3.38. The fourth-order valence-electron chi connectivity index (χ4n) is 3.42. The number of rotatable bonds is 2. The molecule has 2 aromatic heterocycles. The second-order valence-electron chi connectivity index (χ2n) is 7.05. The Balaban J connectivity index is 1.71. The number of fused-ring (bicyclic) bond motifs is 1. The minimum absolute atomic E-state index is 0.165. The van der Waals surface area contributed by atoms with Crippen molar-refractivity contribution < 1.29 is 18.0 Å². The zero-order valence-electron chi connectivity index (χ0n) is 16.1. The number of halogens is 3. The molecule has 1 aliphatic rings. The Morgan fingerprint density at radius 1 is 1.17 bits per heavy atom. The maximum atomic E-state index is 12.9. The van der Waals surface area contributed by atoms with Crippen LogP contribution in [0.25, 0.3) is 23.3 Å². The van der Waals surface area contributed by atoms with E-state index in [9.17, 15) is 22.8 Å². The molecule has 1 amide bonds. The normalized spacial score (nSPS) is 14.9. The van der Waals surface area contributed by atoms with Gasteiger partial charge in [-0.15, -0.1) is 0 Å². The van der Waals surface area contributed by atoms with Gasteiger partial charge in [0.05, 0.1) is 11.8 Å². The molecule has 10 heteroatoms. The van der Waals surface area contributed by atoms with Crippen LogP contribution in [-0.4, -0.2) is 43.1 Å². The molecular formula is C20H18F3N5O2. The summed E-state index contributed by atoms with van der Waals surface area (Å²) in [6, 6.07) is 4.42. The number of hydrogen-bond donors (Lipinski definition) is 0. The average molecular weight is 417 g/mol. The highest BCUT2D eigenvalue weighted by atomic mass is 19.4. The first-order chi connectivity index (χ1) is 14.3. The molecule has 156 valence electrons. The van der Waals surface area contributed by atoms with Gasteiger partial charge in [0.15, 0.2) is 11.5 Å². The molecule has 0 saturated carbocycles. The molecular weight excluding hydrogens is 399 g/mol. The van der Waals surface area contributed by atoms with E-state index in [1.807, 2.05) is 0 Å². The summed E-state index contributed by atoms with van der Waals surface area (Å²) >= 11 is 0. The van der Waals surface area contributed by atoms with Crippen molar-refractivity contribution in [3.05, 3.63) is 57.9 Å². The van der Waals surface area contributed by atoms with Gasteiger partial charge in [-0.3, -0.25) is 4.57 Å². The Kier molecular flexibility index (Phi) is 4.92. The van der Waals surface area contributed by atoms with Crippen LogP contribution in [0.5, 0.6) is 0 Å². The lowest BCUT2D eigenvalue weighted by atomic mass is 10.1. The van der Waals surface area contributed by atoms with Crippen molar-refractivity contribution in [3.63, 3.8) is 0 Å². The van der Waals surface area contributed by atoms with E-state index in [4.69, 9.17) is 0 Å². The molecule has 1 fully saturated rings. The molecule has 7 nitrogen and oxygen atoms in total. The number of imidazole rings is 1. The number of alkyl halides is 3. The summed E-state index contributed by atoms with van der Waals surface area (Å²) < 4.78 is 40.9. The lowest BCUT2D eigenvalue weighted by molar-refractivity contribution is -0.137. The topological polar surface area (TPSA) is 73.0 Å². The highest BCUT2D eigenvalue weighted by Crippen LogP contribution is 2.29. The minimum Gasteiger partial charge on any atom is -0.324 e. The fourth-order valence-corrected chi connectivity index (χ4v) is 3.42. The molecule has 0 N–H and O–H groups in total. The summed E-state index contributed by atoms with van der Waals surface area (Å²) in [6.45, 7) is 1.16. The smallest absolute Gasteiger partial charge is 0.324 e. The number of aromatic nitrogens is 4. The van der Waals surface area contributed by atoms with Crippen LogP contribution in [0.4, 0.5) is 18.0 Å². The number of hydrogen-bond acceptors (Lipinski definition) is 4. The van der Waals surface area contributed by atoms with Gasteiger partial charge in [0.25, 0.3) is 0 Å². The predicted molar refractivity (Wildman–Crippen MR) is 105 cm³/mol. The van der Waals surface area contributed by atoms with Crippen LogP contribution in [-0.2, 0) is 13.2 Å². The van der Waals surface area contributed by atoms with Gasteiger partial charge in [-0.05, 0) is 36.6 Å². The lowest BCUT2D eigenvalue weighted by Gasteiger charge is -2.14. The molecule has 0 unspecified atom stereocenters. The van der Waals surface area contributed by atoms with Crippen LogP contribution in [0.1, 0.15) is 29.8 Å². The van der Waals surface area contributed by atoms with Gasteiger partial charge >= 0.3 is 17.9 Å². The first kappa shape index (κ1) is 19.9. The Hall–Kier alpha value is -3.43. The van der Waals surface area contributed by atoms with E-state index in [2.05, 4.69) is 9.97 Å². The van der Waals surface area contributed by atoms with Crippen LogP contribution >= 0.6 is 0 Å². The van der Waals surface area contributed by atoms with Crippen molar-refractivity contribution >= 4 is 29.3 Å². The van der Waals surface area contributed by atoms with E-state index >= 15 is 0 Å². The summed E-state index contributed by atoms with van der Waals surface area (Å²) in [7, 11) is 1.53. The largest absolute Gasteiger partial charge is 0.416 e. The van der Waals surface area contributed by atoms with Crippen molar-refractivity contribution in [1.82, 2.24) is 24.0 Å². The maximum Gasteiger partial charge on any atom is 0.416 e.